The van der Waals surface area contributed by atoms with E-state index < -0.39 is 17.7 Å². The number of nitrogens with zero attached hydrogens (tertiary/aromatic N) is 1. The second-order valence-electron chi connectivity index (χ2n) is 4.55. The van der Waals surface area contributed by atoms with Gasteiger partial charge in [0.05, 0.1) is 0 Å². The summed E-state index contributed by atoms with van der Waals surface area (Å²) in [4.78, 5) is 10.8. The molecule has 0 unspecified atom stereocenters. The van der Waals surface area contributed by atoms with Crippen LogP contribution in [0.4, 0.5) is 13.6 Å². The Morgan fingerprint density at radius 3 is 2.36 bits per heavy atom. The number of nitrogens with one attached hydrogen (secondary N) is 1. The van der Waals surface area contributed by atoms with Crippen LogP contribution in [0.2, 0.25) is 0 Å². The number of ether oxygens (including phenoxy) is 1. The molecule has 2 aromatic carbocycles. The molecule has 2 amide bonds. The Hall–Kier alpha value is -2.67. The molecular formula is C15H15F2N3O2. The highest BCUT2D eigenvalue weighted by molar-refractivity contribution is 5.70. The molecule has 0 bridgehead atoms. The highest BCUT2D eigenvalue weighted by Gasteiger charge is 2.05. The van der Waals surface area contributed by atoms with Crippen LogP contribution in [0, 0.1) is 11.6 Å². The van der Waals surface area contributed by atoms with E-state index in [0.29, 0.717) is 12.3 Å². The number of nitrogens with two attached hydrogens (primary N) is 1. The predicted octanol–water partition coefficient (Wildman–Crippen LogP) is 2.77. The molecule has 0 saturated carbocycles. The summed E-state index contributed by atoms with van der Waals surface area (Å²) >= 11 is 0. The maximum absolute atomic E-state index is 13.1. The summed E-state index contributed by atoms with van der Waals surface area (Å²) in [6, 6.07) is 9.66. The molecule has 0 saturated heterocycles. The highest BCUT2D eigenvalue weighted by atomic mass is 19.2. The summed E-state index contributed by atoms with van der Waals surface area (Å²) in [7, 11) is 1.52. The molecule has 22 heavy (non-hydrogen) atoms. The van der Waals surface area contributed by atoms with Gasteiger partial charge in [-0.2, -0.15) is 0 Å². The molecule has 0 aliphatic rings. The molecule has 5 nitrogen and oxygen atoms in total. The lowest BCUT2D eigenvalue weighted by Crippen LogP contribution is -2.42. The first-order valence-electron chi connectivity index (χ1n) is 6.44. The van der Waals surface area contributed by atoms with Gasteiger partial charge in [-0.15, -0.1) is 0 Å². The summed E-state index contributed by atoms with van der Waals surface area (Å²) in [6.45, 7) is 0.408. The Morgan fingerprint density at radius 2 is 1.77 bits per heavy atom. The van der Waals surface area contributed by atoms with Gasteiger partial charge >= 0.3 is 6.03 Å². The summed E-state index contributed by atoms with van der Waals surface area (Å²) in [5.41, 5.74) is 8.78. The van der Waals surface area contributed by atoms with Crippen molar-refractivity contribution in [2.75, 3.05) is 7.05 Å². The Labute approximate surface area is 126 Å². The van der Waals surface area contributed by atoms with Crippen LogP contribution in [0.15, 0.2) is 42.5 Å². The van der Waals surface area contributed by atoms with E-state index >= 15 is 0 Å². The van der Waals surface area contributed by atoms with Gasteiger partial charge in [-0.25, -0.2) is 19.0 Å². The molecule has 0 aliphatic heterocycles. The molecule has 116 valence electrons. The average Bonchev–Trinajstić information content (AvgIpc) is 2.50. The topological polar surface area (TPSA) is 67.6 Å². The number of carbonyl (C=O) groups excluding carboxylic acids is 1. The number of rotatable bonds is 5. The normalized spacial score (nSPS) is 10.3. The molecule has 0 heterocycles. The summed E-state index contributed by atoms with van der Waals surface area (Å²) in [5.74, 6) is -1.20. The largest absolute Gasteiger partial charge is 0.457 e. The van der Waals surface area contributed by atoms with Crippen LogP contribution in [0.3, 0.4) is 0 Å². The maximum atomic E-state index is 13.1. The van der Waals surface area contributed by atoms with Gasteiger partial charge in [0, 0.05) is 19.7 Å². The molecule has 2 aromatic rings. The van der Waals surface area contributed by atoms with Crippen molar-refractivity contribution in [2.45, 2.75) is 6.54 Å². The second kappa shape index (κ2) is 6.86. The third-order valence-corrected chi connectivity index (χ3v) is 2.90. The van der Waals surface area contributed by atoms with E-state index in [1.807, 2.05) is 0 Å². The highest BCUT2D eigenvalue weighted by Crippen LogP contribution is 2.23. The molecule has 0 aromatic heterocycles. The van der Waals surface area contributed by atoms with Crippen LogP contribution in [0.1, 0.15) is 5.56 Å². The molecule has 0 atom stereocenters. The number of amides is 2. The van der Waals surface area contributed by atoms with Gasteiger partial charge in [0.2, 0.25) is 0 Å². The van der Waals surface area contributed by atoms with Gasteiger partial charge in [0.25, 0.3) is 0 Å². The van der Waals surface area contributed by atoms with Crippen molar-refractivity contribution in [3.05, 3.63) is 59.7 Å². The first-order chi connectivity index (χ1) is 10.5. The Morgan fingerprint density at radius 1 is 1.14 bits per heavy atom. The zero-order chi connectivity index (χ0) is 16.1. The second-order valence-corrected chi connectivity index (χ2v) is 4.55. The minimum Gasteiger partial charge on any atom is -0.457 e. The van der Waals surface area contributed by atoms with E-state index in [9.17, 15) is 13.6 Å². The Bertz CT molecular complexity index is 662. The van der Waals surface area contributed by atoms with Crippen molar-refractivity contribution in [1.82, 2.24) is 10.4 Å². The van der Waals surface area contributed by atoms with E-state index in [-0.39, 0.29) is 5.75 Å². The van der Waals surface area contributed by atoms with Crippen molar-refractivity contribution in [1.29, 1.82) is 0 Å². The number of urea groups is 1. The van der Waals surface area contributed by atoms with Crippen molar-refractivity contribution in [3.63, 3.8) is 0 Å². The predicted molar refractivity (Wildman–Crippen MR) is 77.1 cm³/mol. The van der Waals surface area contributed by atoms with Crippen LogP contribution < -0.4 is 15.9 Å². The van der Waals surface area contributed by atoms with Crippen molar-refractivity contribution < 1.29 is 18.3 Å². The van der Waals surface area contributed by atoms with E-state index in [4.69, 9.17) is 10.5 Å². The van der Waals surface area contributed by atoms with E-state index in [1.165, 1.54) is 18.1 Å². The minimum atomic E-state index is -0.965. The van der Waals surface area contributed by atoms with Gasteiger partial charge in [0.15, 0.2) is 11.6 Å². The zero-order valence-corrected chi connectivity index (χ0v) is 11.8. The van der Waals surface area contributed by atoms with Crippen LogP contribution in [-0.4, -0.2) is 18.1 Å². The molecule has 0 radical (unpaired) electrons. The minimum absolute atomic E-state index is 0.207. The third kappa shape index (κ3) is 4.16. The number of primary amides is 1. The van der Waals surface area contributed by atoms with Crippen LogP contribution in [0.25, 0.3) is 0 Å². The molecule has 0 aliphatic carbocycles. The van der Waals surface area contributed by atoms with Gasteiger partial charge in [0.1, 0.15) is 11.5 Å². The number of halogens is 2. The summed E-state index contributed by atoms with van der Waals surface area (Å²) < 4.78 is 31.3. The van der Waals surface area contributed by atoms with Crippen LogP contribution in [0.5, 0.6) is 11.5 Å². The fourth-order valence-corrected chi connectivity index (χ4v) is 1.64. The van der Waals surface area contributed by atoms with Gasteiger partial charge in [-0.05, 0) is 29.8 Å². The number of carbonyl (C=O) groups is 1. The van der Waals surface area contributed by atoms with Crippen molar-refractivity contribution >= 4 is 6.03 Å². The Kier molecular flexibility index (Phi) is 4.90. The summed E-state index contributed by atoms with van der Waals surface area (Å²) in [5, 5.41) is 1.17. The molecule has 0 fully saturated rings. The molecule has 2 rings (SSSR count). The van der Waals surface area contributed by atoms with Gasteiger partial charge in [-0.3, -0.25) is 5.01 Å². The van der Waals surface area contributed by atoms with E-state index in [0.717, 1.165) is 17.7 Å². The summed E-state index contributed by atoms with van der Waals surface area (Å²) in [6.07, 6.45) is 0. The van der Waals surface area contributed by atoms with E-state index in [2.05, 4.69) is 5.43 Å². The Balaban J connectivity index is 1.96. The van der Waals surface area contributed by atoms with Crippen molar-refractivity contribution in [2.24, 2.45) is 5.73 Å². The molecule has 7 heteroatoms. The first-order valence-corrected chi connectivity index (χ1v) is 6.44. The number of benzene rings is 2. The van der Waals surface area contributed by atoms with Gasteiger partial charge in [-0.1, -0.05) is 12.1 Å². The standard InChI is InChI=1S/C15H15F2N3O2/c1-20(15(18)21)19-9-10-2-4-11(5-3-10)22-12-6-7-13(16)14(17)8-12/h2-8,19H,9H2,1H3,(H2,18,21). The third-order valence-electron chi connectivity index (χ3n) is 2.90. The molecular weight excluding hydrogens is 292 g/mol. The SMILES string of the molecule is CN(NCc1ccc(Oc2ccc(F)c(F)c2)cc1)C(N)=O. The lowest BCUT2D eigenvalue weighted by molar-refractivity contribution is 0.195. The van der Waals surface area contributed by atoms with Crippen LogP contribution in [-0.2, 0) is 6.54 Å². The first kappa shape index (κ1) is 15.7. The smallest absolute Gasteiger partial charge is 0.328 e. The number of hydrazine groups is 1. The average molecular weight is 307 g/mol. The zero-order valence-electron chi connectivity index (χ0n) is 11.8. The van der Waals surface area contributed by atoms with E-state index in [1.54, 1.807) is 24.3 Å². The monoisotopic (exact) mass is 307 g/mol. The number of hydrogen-bond donors (Lipinski definition) is 2. The van der Waals surface area contributed by atoms with Gasteiger partial charge < -0.3 is 10.5 Å². The quantitative estimate of drug-likeness (QED) is 0.835. The van der Waals surface area contributed by atoms with Crippen LogP contribution >= 0.6 is 0 Å². The fourth-order valence-electron chi connectivity index (χ4n) is 1.64. The number of hydrogen-bond acceptors (Lipinski definition) is 3. The molecule has 3 N–H and O–H groups in total. The molecule has 0 spiro atoms. The van der Waals surface area contributed by atoms with Crippen molar-refractivity contribution in [3.8, 4) is 11.5 Å². The maximum Gasteiger partial charge on any atom is 0.328 e. The lowest BCUT2D eigenvalue weighted by Gasteiger charge is -2.15. The lowest BCUT2D eigenvalue weighted by atomic mass is 10.2. The fraction of sp³-hybridized carbons (Fsp3) is 0.133.